The second-order valence-electron chi connectivity index (χ2n) is 6.84. The first kappa shape index (κ1) is 29.8. The molecule has 0 saturated carbocycles. The lowest BCUT2D eigenvalue weighted by Gasteiger charge is -2.20. The van der Waals surface area contributed by atoms with Gasteiger partial charge in [-0.3, -0.25) is 0 Å². The number of rotatable bonds is 18. The van der Waals surface area contributed by atoms with Gasteiger partial charge in [0.1, 0.15) is 23.0 Å². The quantitative estimate of drug-likeness (QED) is 0.108. The van der Waals surface area contributed by atoms with Gasteiger partial charge >= 0.3 is 0 Å². The molecule has 35 heavy (non-hydrogen) atoms. The van der Waals surface area contributed by atoms with Gasteiger partial charge in [-0.2, -0.15) is 0 Å². The third kappa shape index (κ3) is 9.53. The molecule has 196 valence electrons. The maximum Gasteiger partial charge on any atom is 0.138 e. The van der Waals surface area contributed by atoms with Crippen LogP contribution >= 0.6 is 35.3 Å². The maximum absolute atomic E-state index is 6.07. The summed E-state index contributed by atoms with van der Waals surface area (Å²) < 4.78 is 35.4. The van der Waals surface area contributed by atoms with E-state index >= 15 is 0 Å². The van der Waals surface area contributed by atoms with Gasteiger partial charge in [0.05, 0.1) is 48.1 Å². The molecule has 2 rings (SSSR count). The van der Waals surface area contributed by atoms with E-state index in [4.69, 9.17) is 28.4 Å². The standard InChI is InChI=1S/C26H38O6S3/c1-7-27-17-33-19-13-21(29-9-3)25(22(14-19)30-10-4)35-26-23(31-11-5)15-20(34-18-28-8-2)16-24(26)32-12-6/h13-16H,7-12,17-18H2,1-6H3. The zero-order chi connectivity index (χ0) is 25.5. The number of thioether (sulfide) groups is 2. The summed E-state index contributed by atoms with van der Waals surface area (Å²) in [5, 5.41) is 0. The molecular formula is C26H38O6S3. The SMILES string of the molecule is CCOCSc1cc(OCC)c(Sc2c(OCC)cc(SCOCC)cc2OCC)c(OCC)c1. The van der Waals surface area contributed by atoms with E-state index in [0.29, 0.717) is 51.5 Å². The molecule has 0 heterocycles. The van der Waals surface area contributed by atoms with E-state index in [0.717, 1.165) is 42.6 Å². The Hall–Kier alpha value is -1.39. The first-order valence-corrected chi connectivity index (χ1v) is 14.9. The lowest BCUT2D eigenvalue weighted by molar-refractivity contribution is 0.199. The molecule has 0 bridgehead atoms. The molecule has 0 N–H and O–H groups in total. The van der Waals surface area contributed by atoms with Crippen LogP contribution in [0.15, 0.2) is 43.8 Å². The van der Waals surface area contributed by atoms with Gasteiger partial charge in [-0.05, 0) is 65.8 Å². The van der Waals surface area contributed by atoms with Crippen LogP contribution in [0.4, 0.5) is 0 Å². The summed E-state index contributed by atoms with van der Waals surface area (Å²) >= 11 is 4.78. The van der Waals surface area contributed by atoms with Crippen molar-refractivity contribution in [3.05, 3.63) is 24.3 Å². The second-order valence-corrected chi connectivity index (χ2v) is 9.85. The fourth-order valence-corrected chi connectivity index (χ4v) is 5.62. The summed E-state index contributed by atoms with van der Waals surface area (Å²) in [7, 11) is 0. The van der Waals surface area contributed by atoms with Gasteiger partial charge < -0.3 is 28.4 Å². The van der Waals surface area contributed by atoms with Crippen molar-refractivity contribution >= 4 is 35.3 Å². The number of benzene rings is 2. The average molecular weight is 543 g/mol. The molecule has 9 heteroatoms. The lowest BCUT2D eigenvalue weighted by Crippen LogP contribution is -2.02. The third-order valence-corrected chi connectivity index (χ3v) is 7.34. The highest BCUT2D eigenvalue weighted by Gasteiger charge is 2.22. The molecule has 0 aliphatic heterocycles. The first-order valence-electron chi connectivity index (χ1n) is 12.1. The molecule has 0 saturated heterocycles. The van der Waals surface area contributed by atoms with Crippen LogP contribution in [0.5, 0.6) is 23.0 Å². The summed E-state index contributed by atoms with van der Waals surface area (Å²) in [5.74, 6) is 4.21. The predicted octanol–water partition coefficient (Wildman–Crippen LogP) is 7.60. The molecule has 2 aromatic carbocycles. The van der Waals surface area contributed by atoms with Crippen LogP contribution in [0.25, 0.3) is 0 Å². The summed E-state index contributed by atoms with van der Waals surface area (Å²) in [6.45, 7) is 15.4. The molecule has 6 nitrogen and oxygen atoms in total. The van der Waals surface area contributed by atoms with Crippen LogP contribution in [0.3, 0.4) is 0 Å². The minimum atomic E-state index is 0.544. The molecular weight excluding hydrogens is 504 g/mol. The van der Waals surface area contributed by atoms with Gasteiger partial charge in [0.25, 0.3) is 0 Å². The van der Waals surface area contributed by atoms with Crippen LogP contribution in [0, 0.1) is 0 Å². The molecule has 0 aromatic heterocycles. The Kier molecular flexibility index (Phi) is 14.6. The van der Waals surface area contributed by atoms with E-state index in [-0.39, 0.29) is 0 Å². The van der Waals surface area contributed by atoms with Crippen molar-refractivity contribution in [1.29, 1.82) is 0 Å². The largest absolute Gasteiger partial charge is 0.493 e. The summed E-state index contributed by atoms with van der Waals surface area (Å²) in [6, 6.07) is 8.19. The van der Waals surface area contributed by atoms with E-state index in [9.17, 15) is 0 Å². The fourth-order valence-electron chi connectivity index (χ4n) is 3.01. The van der Waals surface area contributed by atoms with E-state index in [2.05, 4.69) is 0 Å². The van der Waals surface area contributed by atoms with E-state index < -0.39 is 0 Å². The highest BCUT2D eigenvalue weighted by Crippen LogP contribution is 2.51. The van der Waals surface area contributed by atoms with Crippen molar-refractivity contribution in [3.8, 4) is 23.0 Å². The summed E-state index contributed by atoms with van der Waals surface area (Å²) in [6.07, 6.45) is 0. The minimum Gasteiger partial charge on any atom is -0.493 e. The number of ether oxygens (including phenoxy) is 6. The maximum atomic E-state index is 6.07. The Labute approximate surface area is 223 Å². The zero-order valence-electron chi connectivity index (χ0n) is 21.6. The smallest absolute Gasteiger partial charge is 0.138 e. The average Bonchev–Trinajstić information content (AvgIpc) is 2.83. The van der Waals surface area contributed by atoms with Gasteiger partial charge in [-0.1, -0.05) is 35.3 Å². The van der Waals surface area contributed by atoms with Gasteiger partial charge in [0.15, 0.2) is 0 Å². The van der Waals surface area contributed by atoms with Crippen molar-refractivity contribution in [3.63, 3.8) is 0 Å². The highest BCUT2D eigenvalue weighted by atomic mass is 32.2. The van der Waals surface area contributed by atoms with E-state index in [1.54, 1.807) is 35.3 Å². The fraction of sp³-hybridized carbons (Fsp3) is 0.538. The molecule has 0 aliphatic carbocycles. The summed E-state index contributed by atoms with van der Waals surface area (Å²) in [4.78, 5) is 3.86. The molecule has 0 atom stereocenters. The first-order chi connectivity index (χ1) is 17.1. The number of hydrogen-bond donors (Lipinski definition) is 0. The molecule has 0 unspecified atom stereocenters. The Morgan fingerprint density at radius 1 is 0.486 bits per heavy atom. The minimum absolute atomic E-state index is 0.544. The van der Waals surface area contributed by atoms with Crippen molar-refractivity contribution in [1.82, 2.24) is 0 Å². The van der Waals surface area contributed by atoms with Gasteiger partial charge in [-0.15, -0.1) is 0 Å². The van der Waals surface area contributed by atoms with Gasteiger partial charge in [0.2, 0.25) is 0 Å². The predicted molar refractivity (Wildman–Crippen MR) is 146 cm³/mol. The Morgan fingerprint density at radius 3 is 1.06 bits per heavy atom. The van der Waals surface area contributed by atoms with Crippen LogP contribution in [-0.4, -0.2) is 51.5 Å². The topological polar surface area (TPSA) is 55.4 Å². The van der Waals surface area contributed by atoms with Crippen LogP contribution in [-0.2, 0) is 9.47 Å². The van der Waals surface area contributed by atoms with Crippen molar-refractivity contribution < 1.29 is 28.4 Å². The number of hydrogen-bond acceptors (Lipinski definition) is 9. The molecule has 0 fully saturated rings. The van der Waals surface area contributed by atoms with Crippen LogP contribution < -0.4 is 18.9 Å². The van der Waals surface area contributed by atoms with Gasteiger partial charge in [-0.25, -0.2) is 0 Å². The monoisotopic (exact) mass is 542 g/mol. The Bertz CT molecular complexity index is 768. The second kappa shape index (κ2) is 17.1. The van der Waals surface area contributed by atoms with E-state index in [1.807, 2.05) is 65.8 Å². The van der Waals surface area contributed by atoms with Crippen molar-refractivity contribution in [2.24, 2.45) is 0 Å². The highest BCUT2D eigenvalue weighted by molar-refractivity contribution is 8.00. The van der Waals surface area contributed by atoms with Gasteiger partial charge in [0, 0.05) is 23.0 Å². The lowest BCUT2D eigenvalue weighted by atomic mass is 10.3. The zero-order valence-corrected chi connectivity index (χ0v) is 24.1. The molecule has 0 amide bonds. The van der Waals surface area contributed by atoms with Crippen LogP contribution in [0.2, 0.25) is 0 Å². The Morgan fingerprint density at radius 2 is 0.800 bits per heavy atom. The van der Waals surface area contributed by atoms with Crippen molar-refractivity contribution in [2.75, 3.05) is 51.5 Å². The van der Waals surface area contributed by atoms with Crippen LogP contribution in [0.1, 0.15) is 41.5 Å². The molecule has 2 aromatic rings. The molecule has 0 radical (unpaired) electrons. The normalized spacial score (nSPS) is 10.9. The summed E-state index contributed by atoms with van der Waals surface area (Å²) in [5.41, 5.74) is 0. The molecule has 0 spiro atoms. The van der Waals surface area contributed by atoms with E-state index in [1.165, 1.54) is 0 Å². The van der Waals surface area contributed by atoms with Crippen molar-refractivity contribution in [2.45, 2.75) is 61.1 Å². The molecule has 0 aliphatic rings. The Balaban J connectivity index is 2.54. The third-order valence-electron chi connectivity index (χ3n) is 4.42.